The molecule has 0 bridgehead atoms. The van der Waals surface area contributed by atoms with Gasteiger partial charge in [0, 0.05) is 23.4 Å². The summed E-state index contributed by atoms with van der Waals surface area (Å²) in [4.78, 5) is 14.0. The second kappa shape index (κ2) is 5.28. The Hall–Kier alpha value is -1.65. The highest BCUT2D eigenvalue weighted by atomic mass is 16.5. The zero-order valence-corrected chi connectivity index (χ0v) is 12.5. The van der Waals surface area contributed by atoms with Gasteiger partial charge < -0.3 is 14.7 Å². The molecule has 4 nitrogen and oxygen atoms in total. The number of aliphatic hydroxyl groups excluding tert-OH is 1. The molecule has 2 aliphatic rings. The Morgan fingerprint density at radius 1 is 1.48 bits per heavy atom. The first-order valence-corrected chi connectivity index (χ1v) is 7.31. The molecule has 0 spiro atoms. The number of likely N-dealkylation sites (N-methyl/N-ethyl adjacent to an activating group) is 1. The van der Waals surface area contributed by atoms with Gasteiger partial charge in [-0.05, 0) is 37.7 Å². The molecule has 1 aromatic carbocycles. The van der Waals surface area contributed by atoms with E-state index < -0.39 is 0 Å². The number of nitrogens with zero attached hydrogens (tertiary/aromatic N) is 1. The summed E-state index contributed by atoms with van der Waals surface area (Å²) in [6.07, 6.45) is 5.36. The van der Waals surface area contributed by atoms with Crippen LogP contribution in [0.2, 0.25) is 0 Å². The van der Waals surface area contributed by atoms with Crippen LogP contribution in [0.5, 0.6) is 5.75 Å². The zero-order chi connectivity index (χ0) is 15.0. The molecule has 4 heteroatoms. The van der Waals surface area contributed by atoms with E-state index in [2.05, 4.69) is 24.1 Å². The number of carbonyl (C=O) groups excluding carboxylic acids is 1. The monoisotopic (exact) mass is 287 g/mol. The van der Waals surface area contributed by atoms with Gasteiger partial charge in [0.05, 0.1) is 13.7 Å². The fourth-order valence-corrected chi connectivity index (χ4v) is 3.71. The lowest BCUT2D eigenvalue weighted by Crippen LogP contribution is -2.43. The normalized spacial score (nSPS) is 28.7. The third-order valence-electron chi connectivity index (χ3n) is 4.96. The highest BCUT2D eigenvalue weighted by Crippen LogP contribution is 2.45. The van der Waals surface area contributed by atoms with Gasteiger partial charge in [0.1, 0.15) is 5.75 Å². The minimum Gasteiger partial charge on any atom is -0.496 e. The maximum absolute atomic E-state index is 11.8. The van der Waals surface area contributed by atoms with Gasteiger partial charge in [0.15, 0.2) is 5.78 Å². The van der Waals surface area contributed by atoms with Crippen LogP contribution >= 0.6 is 0 Å². The standard InChI is InChI=1S/C17H21NO3/c1-18-8-7-17(6-5-14(20)10-16(17)18)13-4-3-12(11-19)15(9-13)21-2/h3-6,9,16,19H,7-8,10-11H2,1-2H3. The van der Waals surface area contributed by atoms with Crippen LogP contribution in [0.25, 0.3) is 0 Å². The molecular weight excluding hydrogens is 266 g/mol. The van der Waals surface area contributed by atoms with E-state index in [4.69, 9.17) is 4.74 Å². The number of carbonyl (C=O) groups is 1. The van der Waals surface area contributed by atoms with Gasteiger partial charge in [-0.15, -0.1) is 0 Å². The van der Waals surface area contributed by atoms with Crippen molar-refractivity contribution in [3.63, 3.8) is 0 Å². The van der Waals surface area contributed by atoms with Crippen molar-refractivity contribution in [3.8, 4) is 5.75 Å². The van der Waals surface area contributed by atoms with Crippen molar-refractivity contribution in [1.82, 2.24) is 4.90 Å². The Kier molecular flexibility index (Phi) is 3.59. The molecule has 0 aromatic heterocycles. The Morgan fingerprint density at radius 3 is 3.00 bits per heavy atom. The number of hydrogen-bond acceptors (Lipinski definition) is 4. The highest BCUT2D eigenvalue weighted by Gasteiger charge is 2.48. The average Bonchev–Trinajstić information content (AvgIpc) is 2.85. The number of allylic oxidation sites excluding steroid dienone is 1. The summed E-state index contributed by atoms with van der Waals surface area (Å²) in [5.41, 5.74) is 1.83. The zero-order valence-electron chi connectivity index (χ0n) is 12.5. The summed E-state index contributed by atoms with van der Waals surface area (Å²) >= 11 is 0. The van der Waals surface area contributed by atoms with Crippen molar-refractivity contribution in [1.29, 1.82) is 0 Å². The maximum atomic E-state index is 11.8. The van der Waals surface area contributed by atoms with Crippen LogP contribution in [0.4, 0.5) is 0 Å². The fourth-order valence-electron chi connectivity index (χ4n) is 3.71. The molecule has 112 valence electrons. The van der Waals surface area contributed by atoms with Gasteiger partial charge in [0.25, 0.3) is 0 Å². The molecular formula is C17H21NO3. The van der Waals surface area contributed by atoms with Gasteiger partial charge in [-0.3, -0.25) is 4.79 Å². The molecule has 2 atom stereocenters. The van der Waals surface area contributed by atoms with Crippen molar-refractivity contribution in [2.75, 3.05) is 20.7 Å². The largest absolute Gasteiger partial charge is 0.496 e. The molecule has 1 heterocycles. The van der Waals surface area contributed by atoms with E-state index in [-0.39, 0.29) is 23.8 Å². The summed E-state index contributed by atoms with van der Waals surface area (Å²) in [7, 11) is 3.70. The summed E-state index contributed by atoms with van der Waals surface area (Å²) in [6.45, 7) is 0.945. The Labute approximate surface area is 125 Å². The Balaban J connectivity index is 2.09. The van der Waals surface area contributed by atoms with Crippen LogP contribution in [0.15, 0.2) is 30.4 Å². The number of hydrogen-bond donors (Lipinski definition) is 1. The van der Waals surface area contributed by atoms with Gasteiger partial charge in [-0.2, -0.15) is 0 Å². The molecule has 0 amide bonds. The van der Waals surface area contributed by atoms with Crippen LogP contribution in [-0.2, 0) is 16.8 Å². The number of aliphatic hydroxyl groups is 1. The predicted molar refractivity (Wildman–Crippen MR) is 80.4 cm³/mol. The lowest BCUT2D eigenvalue weighted by atomic mass is 9.69. The first-order chi connectivity index (χ1) is 10.1. The first-order valence-electron chi connectivity index (χ1n) is 7.31. The fraction of sp³-hybridized carbons (Fsp3) is 0.471. The molecule has 0 saturated carbocycles. The van der Waals surface area contributed by atoms with Crippen LogP contribution in [-0.4, -0.2) is 42.5 Å². The summed E-state index contributed by atoms with van der Waals surface area (Å²) < 4.78 is 5.40. The smallest absolute Gasteiger partial charge is 0.157 e. The third kappa shape index (κ3) is 2.19. The average molecular weight is 287 g/mol. The molecule has 21 heavy (non-hydrogen) atoms. The number of rotatable bonds is 3. The van der Waals surface area contributed by atoms with E-state index >= 15 is 0 Å². The van der Waals surface area contributed by atoms with Crippen molar-refractivity contribution in [2.24, 2.45) is 0 Å². The van der Waals surface area contributed by atoms with E-state index in [0.717, 1.165) is 24.1 Å². The van der Waals surface area contributed by atoms with Crippen molar-refractivity contribution in [2.45, 2.75) is 30.9 Å². The number of benzene rings is 1. The van der Waals surface area contributed by atoms with E-state index in [0.29, 0.717) is 12.2 Å². The molecule has 1 aliphatic heterocycles. The van der Waals surface area contributed by atoms with Crippen molar-refractivity contribution < 1.29 is 14.6 Å². The van der Waals surface area contributed by atoms with Crippen LogP contribution < -0.4 is 4.74 Å². The number of likely N-dealkylation sites (tertiary alicyclic amines) is 1. The molecule has 1 aromatic rings. The molecule has 1 saturated heterocycles. The van der Waals surface area contributed by atoms with Crippen LogP contribution in [0, 0.1) is 0 Å². The molecule has 0 radical (unpaired) electrons. The van der Waals surface area contributed by atoms with Gasteiger partial charge in [-0.25, -0.2) is 0 Å². The summed E-state index contributed by atoms with van der Waals surface area (Å²) in [5, 5.41) is 9.37. The maximum Gasteiger partial charge on any atom is 0.157 e. The van der Waals surface area contributed by atoms with Crippen molar-refractivity contribution in [3.05, 3.63) is 41.5 Å². The summed E-state index contributed by atoms with van der Waals surface area (Å²) in [5.74, 6) is 0.909. The predicted octanol–water partition coefficient (Wildman–Crippen LogP) is 1.66. The summed E-state index contributed by atoms with van der Waals surface area (Å²) in [6, 6.07) is 6.19. The Bertz CT molecular complexity index is 596. The topological polar surface area (TPSA) is 49.8 Å². The molecule has 2 unspecified atom stereocenters. The molecule has 1 aliphatic carbocycles. The lowest BCUT2D eigenvalue weighted by molar-refractivity contribution is -0.116. The molecule has 1 N–H and O–H groups in total. The minimum atomic E-state index is -0.121. The van der Waals surface area contributed by atoms with E-state index in [1.54, 1.807) is 13.2 Å². The molecule has 3 rings (SSSR count). The highest BCUT2D eigenvalue weighted by molar-refractivity contribution is 5.92. The van der Waals surface area contributed by atoms with E-state index in [9.17, 15) is 9.90 Å². The second-order valence-electron chi connectivity index (χ2n) is 5.98. The number of ether oxygens (including phenoxy) is 1. The van der Waals surface area contributed by atoms with Crippen molar-refractivity contribution >= 4 is 5.78 Å². The molecule has 1 fully saturated rings. The lowest BCUT2D eigenvalue weighted by Gasteiger charge is -2.37. The SMILES string of the molecule is COc1cc(C23C=CC(=O)CC2N(C)CC3)ccc1CO. The number of fused-ring (bicyclic) bond motifs is 1. The number of methoxy groups -OCH3 is 1. The van der Waals surface area contributed by atoms with Crippen LogP contribution in [0.3, 0.4) is 0 Å². The minimum absolute atomic E-state index is 0.0336. The first kappa shape index (κ1) is 14.3. The van der Waals surface area contributed by atoms with E-state index in [1.165, 1.54) is 0 Å². The van der Waals surface area contributed by atoms with Gasteiger partial charge in [-0.1, -0.05) is 18.2 Å². The third-order valence-corrected chi connectivity index (χ3v) is 4.96. The Morgan fingerprint density at radius 2 is 2.29 bits per heavy atom. The number of ketones is 1. The van der Waals surface area contributed by atoms with E-state index in [1.807, 2.05) is 12.1 Å². The second-order valence-corrected chi connectivity index (χ2v) is 5.98. The van der Waals surface area contributed by atoms with Gasteiger partial charge in [0.2, 0.25) is 0 Å². The quantitative estimate of drug-likeness (QED) is 0.918. The van der Waals surface area contributed by atoms with Gasteiger partial charge >= 0.3 is 0 Å². The van der Waals surface area contributed by atoms with Crippen LogP contribution in [0.1, 0.15) is 24.0 Å².